The zero-order valence-corrected chi connectivity index (χ0v) is 13.8. The molecule has 0 unspecified atom stereocenters. The summed E-state index contributed by atoms with van der Waals surface area (Å²) in [6, 6.07) is 5.14. The molecule has 0 saturated heterocycles. The third-order valence-corrected chi connectivity index (χ3v) is 3.34. The molecular weight excluding hydrogens is 316 g/mol. The Kier molecular flexibility index (Phi) is 6.58. The number of amides is 1. The molecule has 0 radical (unpaired) electrons. The molecule has 0 aliphatic carbocycles. The number of Topliss-reactive ketones (excluding diaryl/α,β-unsaturated/α-hetero) is 1. The molecule has 1 amide bonds. The van der Waals surface area contributed by atoms with Gasteiger partial charge in [0.2, 0.25) is 5.91 Å². The largest absolute Gasteiger partial charge is 0.469 e. The Labute approximate surface area is 139 Å². The fraction of sp³-hybridized carbons (Fsp3) is 0.438. The van der Waals surface area contributed by atoms with Crippen LogP contribution in [0.4, 0.5) is 5.69 Å². The summed E-state index contributed by atoms with van der Waals surface area (Å²) >= 11 is 0. The fourth-order valence-corrected chi connectivity index (χ4v) is 2.07. The second-order valence-corrected chi connectivity index (χ2v) is 6.10. The van der Waals surface area contributed by atoms with Crippen LogP contribution >= 0.6 is 0 Å². The van der Waals surface area contributed by atoms with Crippen LogP contribution in [0.1, 0.15) is 37.0 Å². The van der Waals surface area contributed by atoms with Gasteiger partial charge in [-0.05, 0) is 17.5 Å². The van der Waals surface area contributed by atoms with Gasteiger partial charge >= 0.3 is 5.97 Å². The summed E-state index contributed by atoms with van der Waals surface area (Å²) in [7, 11) is 1.28. The lowest BCUT2D eigenvalue weighted by Crippen LogP contribution is -2.33. The normalized spacial score (nSPS) is 10.8. The second kappa shape index (κ2) is 8.19. The van der Waals surface area contributed by atoms with Crippen LogP contribution in [0.15, 0.2) is 24.3 Å². The van der Waals surface area contributed by atoms with Crippen molar-refractivity contribution in [3.63, 3.8) is 0 Å². The number of nitrogens with one attached hydrogen (secondary N) is 1. The predicted molar refractivity (Wildman–Crippen MR) is 85.5 cm³/mol. The molecule has 0 fully saturated rings. The van der Waals surface area contributed by atoms with Crippen molar-refractivity contribution < 1.29 is 24.0 Å². The van der Waals surface area contributed by atoms with E-state index in [1.807, 2.05) is 0 Å². The number of non-ortho nitro benzene ring substituents is 1. The standard InChI is InChI=1S/C16H20N2O6/c1-16(2,9-15(21)24-3)8-14(20)17-10-13(19)11-4-6-12(7-5-11)18(22)23/h4-7H,8-10H2,1-3H3,(H,17,20). The van der Waals surface area contributed by atoms with Crippen molar-refractivity contribution >= 4 is 23.3 Å². The lowest BCUT2D eigenvalue weighted by Gasteiger charge is -2.22. The first-order valence-corrected chi connectivity index (χ1v) is 7.26. The van der Waals surface area contributed by atoms with Crippen LogP contribution in [0, 0.1) is 15.5 Å². The fourth-order valence-electron chi connectivity index (χ4n) is 2.07. The number of nitro benzene ring substituents is 1. The first kappa shape index (κ1) is 19.3. The summed E-state index contributed by atoms with van der Waals surface area (Å²) in [4.78, 5) is 45.1. The number of hydrogen-bond donors (Lipinski definition) is 1. The molecule has 24 heavy (non-hydrogen) atoms. The molecule has 0 aliphatic rings. The lowest BCUT2D eigenvalue weighted by atomic mass is 9.85. The smallest absolute Gasteiger partial charge is 0.306 e. The van der Waals surface area contributed by atoms with Crippen molar-refractivity contribution in [1.82, 2.24) is 5.32 Å². The van der Waals surface area contributed by atoms with Crippen molar-refractivity contribution in [3.8, 4) is 0 Å². The summed E-state index contributed by atoms with van der Waals surface area (Å²) in [5.41, 5.74) is -0.428. The lowest BCUT2D eigenvalue weighted by molar-refractivity contribution is -0.384. The summed E-state index contributed by atoms with van der Waals surface area (Å²) in [5.74, 6) is -1.13. The van der Waals surface area contributed by atoms with Crippen molar-refractivity contribution in [2.75, 3.05) is 13.7 Å². The van der Waals surface area contributed by atoms with Crippen molar-refractivity contribution in [2.45, 2.75) is 26.7 Å². The molecule has 1 rings (SSSR count). The minimum Gasteiger partial charge on any atom is -0.469 e. The average Bonchev–Trinajstić information content (AvgIpc) is 2.51. The maximum Gasteiger partial charge on any atom is 0.306 e. The van der Waals surface area contributed by atoms with Gasteiger partial charge in [0.15, 0.2) is 5.78 Å². The number of methoxy groups -OCH3 is 1. The Hall–Kier alpha value is -2.77. The van der Waals surface area contributed by atoms with Gasteiger partial charge in [0.1, 0.15) is 0 Å². The van der Waals surface area contributed by atoms with Gasteiger partial charge in [0.25, 0.3) is 5.69 Å². The van der Waals surface area contributed by atoms with Crippen LogP contribution in [0.25, 0.3) is 0 Å². The molecule has 130 valence electrons. The quantitative estimate of drug-likeness (QED) is 0.335. The Morgan fingerprint density at radius 2 is 1.75 bits per heavy atom. The molecule has 0 spiro atoms. The van der Waals surface area contributed by atoms with Crippen molar-refractivity contribution in [3.05, 3.63) is 39.9 Å². The molecule has 1 aromatic carbocycles. The molecule has 0 bridgehead atoms. The SMILES string of the molecule is COC(=O)CC(C)(C)CC(=O)NCC(=O)c1ccc([N+](=O)[O-])cc1. The first-order chi connectivity index (χ1) is 11.1. The van der Waals surface area contributed by atoms with E-state index in [2.05, 4.69) is 10.1 Å². The second-order valence-electron chi connectivity index (χ2n) is 6.10. The third-order valence-electron chi connectivity index (χ3n) is 3.34. The monoisotopic (exact) mass is 336 g/mol. The molecule has 0 aliphatic heterocycles. The maximum absolute atomic E-state index is 12.0. The van der Waals surface area contributed by atoms with Crippen LogP contribution in [-0.4, -0.2) is 36.2 Å². The zero-order valence-electron chi connectivity index (χ0n) is 13.8. The number of carbonyl (C=O) groups is 3. The molecular formula is C16H20N2O6. The van der Waals surface area contributed by atoms with Crippen molar-refractivity contribution in [2.24, 2.45) is 5.41 Å². The van der Waals surface area contributed by atoms with Gasteiger partial charge < -0.3 is 10.1 Å². The molecule has 0 atom stereocenters. The van der Waals surface area contributed by atoms with E-state index in [0.717, 1.165) is 0 Å². The topological polar surface area (TPSA) is 116 Å². The minimum atomic E-state index is -0.590. The van der Waals surface area contributed by atoms with E-state index in [0.29, 0.717) is 0 Å². The van der Waals surface area contributed by atoms with Crippen LogP contribution < -0.4 is 5.32 Å². The van der Waals surface area contributed by atoms with Gasteiger partial charge in [0.05, 0.1) is 25.0 Å². The number of esters is 1. The minimum absolute atomic E-state index is 0.0651. The van der Waals surface area contributed by atoms with Crippen LogP contribution in [0.5, 0.6) is 0 Å². The molecule has 8 nitrogen and oxygen atoms in total. The summed E-state index contributed by atoms with van der Waals surface area (Å²) in [6.07, 6.45) is 0.156. The number of carbonyl (C=O) groups excluding carboxylic acids is 3. The molecule has 0 heterocycles. The highest BCUT2D eigenvalue weighted by Crippen LogP contribution is 2.25. The highest BCUT2D eigenvalue weighted by atomic mass is 16.6. The number of nitrogens with zero attached hydrogens (tertiary/aromatic N) is 1. The molecule has 0 aromatic heterocycles. The maximum atomic E-state index is 12.0. The summed E-state index contributed by atoms with van der Waals surface area (Å²) in [6.45, 7) is 3.29. The van der Waals surface area contributed by atoms with Crippen LogP contribution in [0.2, 0.25) is 0 Å². The number of hydrogen-bond acceptors (Lipinski definition) is 6. The highest BCUT2D eigenvalue weighted by molar-refractivity contribution is 5.99. The van der Waals surface area contributed by atoms with E-state index in [9.17, 15) is 24.5 Å². The molecule has 1 N–H and O–H groups in total. The van der Waals surface area contributed by atoms with E-state index in [-0.39, 0.29) is 42.3 Å². The molecule has 0 saturated carbocycles. The van der Waals surface area contributed by atoms with Gasteiger partial charge in [-0.1, -0.05) is 13.8 Å². The van der Waals surface area contributed by atoms with Gasteiger partial charge in [0, 0.05) is 24.1 Å². The third kappa shape index (κ3) is 6.15. The Balaban J connectivity index is 2.52. The number of benzene rings is 1. The highest BCUT2D eigenvalue weighted by Gasteiger charge is 2.26. The first-order valence-electron chi connectivity index (χ1n) is 7.26. The van der Waals surface area contributed by atoms with Gasteiger partial charge in [-0.25, -0.2) is 0 Å². The number of rotatable bonds is 8. The number of nitro groups is 1. The zero-order chi connectivity index (χ0) is 18.3. The number of ketones is 1. The Morgan fingerprint density at radius 3 is 2.25 bits per heavy atom. The Bertz CT molecular complexity index is 636. The molecule has 1 aromatic rings. The summed E-state index contributed by atoms with van der Waals surface area (Å²) in [5, 5.41) is 13.1. The predicted octanol–water partition coefficient (Wildman–Crippen LogP) is 1.87. The van der Waals surface area contributed by atoms with E-state index < -0.39 is 16.3 Å². The molecule has 8 heteroatoms. The van der Waals surface area contributed by atoms with Crippen LogP contribution in [-0.2, 0) is 14.3 Å². The van der Waals surface area contributed by atoms with E-state index >= 15 is 0 Å². The average molecular weight is 336 g/mol. The van der Waals surface area contributed by atoms with E-state index in [4.69, 9.17) is 0 Å². The van der Waals surface area contributed by atoms with E-state index in [1.165, 1.54) is 31.4 Å². The van der Waals surface area contributed by atoms with E-state index in [1.54, 1.807) is 13.8 Å². The number of ether oxygens (including phenoxy) is 1. The summed E-state index contributed by atoms with van der Waals surface area (Å²) < 4.78 is 4.58. The Morgan fingerprint density at radius 1 is 1.17 bits per heavy atom. The van der Waals surface area contributed by atoms with Gasteiger partial charge in [-0.3, -0.25) is 24.5 Å². The van der Waals surface area contributed by atoms with Crippen molar-refractivity contribution in [1.29, 1.82) is 0 Å². The van der Waals surface area contributed by atoms with Gasteiger partial charge in [-0.2, -0.15) is 0 Å². The van der Waals surface area contributed by atoms with Crippen LogP contribution in [0.3, 0.4) is 0 Å². The van der Waals surface area contributed by atoms with Gasteiger partial charge in [-0.15, -0.1) is 0 Å².